The lowest BCUT2D eigenvalue weighted by atomic mass is 10.1. The van der Waals surface area contributed by atoms with Gasteiger partial charge in [0.1, 0.15) is 5.75 Å². The molecule has 0 saturated carbocycles. The molecule has 0 heterocycles. The van der Waals surface area contributed by atoms with Crippen molar-refractivity contribution in [1.29, 1.82) is 0 Å². The van der Waals surface area contributed by atoms with Crippen molar-refractivity contribution in [3.63, 3.8) is 0 Å². The third kappa shape index (κ3) is 7.45. The van der Waals surface area contributed by atoms with E-state index < -0.39 is 10.1 Å². The summed E-state index contributed by atoms with van der Waals surface area (Å²) in [6, 6.07) is 22.6. The molecule has 6 heteroatoms. The Morgan fingerprint density at radius 2 is 1.48 bits per heavy atom. The summed E-state index contributed by atoms with van der Waals surface area (Å²) in [4.78, 5) is -0.0666. The maximum absolute atomic E-state index is 10.5. The highest BCUT2D eigenvalue weighted by atomic mass is 127. The number of hydrogen-bond acceptors (Lipinski definition) is 3. The Hall–Kier alpha value is -1.90. The molecule has 0 aliphatic heterocycles. The van der Waals surface area contributed by atoms with E-state index in [1.807, 2.05) is 19.1 Å². The van der Waals surface area contributed by atoms with Crippen LogP contribution in [0.5, 0.6) is 5.75 Å². The van der Waals surface area contributed by atoms with Gasteiger partial charge in [0, 0.05) is 9.13 Å². The number of halogens is 1. The summed E-state index contributed by atoms with van der Waals surface area (Å²) in [5.74, 6) is 0.982. The molecule has 0 radical (unpaired) electrons. The SMILES string of the molecule is CCCCOc1ccccc1-c1ccccc1I.Cc1ccc(S(=O)(=O)O)cc1. The van der Waals surface area contributed by atoms with Crippen LogP contribution in [0.1, 0.15) is 25.3 Å². The quantitative estimate of drug-likeness (QED) is 0.231. The molecule has 3 aromatic carbocycles. The van der Waals surface area contributed by atoms with E-state index in [2.05, 4.69) is 65.9 Å². The standard InChI is InChI=1S/C16H17IO.C7H8O3S/c1-2-3-12-18-16-11-7-5-9-14(16)13-8-4-6-10-15(13)17;1-6-2-4-7(5-3-6)11(8,9)10/h4-11H,2-3,12H2,1H3;2-5H,1H3,(H,8,9,10). The first-order valence-electron chi connectivity index (χ1n) is 9.33. The van der Waals surface area contributed by atoms with Crippen molar-refractivity contribution < 1.29 is 17.7 Å². The van der Waals surface area contributed by atoms with Crippen molar-refractivity contribution >= 4 is 32.7 Å². The van der Waals surface area contributed by atoms with Crippen molar-refractivity contribution in [2.24, 2.45) is 0 Å². The van der Waals surface area contributed by atoms with Crippen LogP contribution in [-0.4, -0.2) is 19.6 Å². The largest absolute Gasteiger partial charge is 0.493 e. The molecule has 0 saturated heterocycles. The molecule has 0 fully saturated rings. The summed E-state index contributed by atoms with van der Waals surface area (Å²) in [5.41, 5.74) is 3.38. The molecule has 0 amide bonds. The summed E-state index contributed by atoms with van der Waals surface area (Å²) >= 11 is 2.37. The van der Waals surface area contributed by atoms with Crippen LogP contribution < -0.4 is 4.74 Å². The van der Waals surface area contributed by atoms with E-state index in [4.69, 9.17) is 9.29 Å². The molecule has 154 valence electrons. The summed E-state index contributed by atoms with van der Waals surface area (Å²) in [6.45, 7) is 4.81. The van der Waals surface area contributed by atoms with Crippen LogP contribution in [0.15, 0.2) is 77.7 Å². The van der Waals surface area contributed by atoms with Crippen molar-refractivity contribution in [2.75, 3.05) is 6.61 Å². The molecule has 0 aliphatic carbocycles. The van der Waals surface area contributed by atoms with Crippen LogP contribution in [0.2, 0.25) is 0 Å². The van der Waals surface area contributed by atoms with Gasteiger partial charge in [-0.1, -0.05) is 67.4 Å². The van der Waals surface area contributed by atoms with Gasteiger partial charge in [-0.3, -0.25) is 4.55 Å². The van der Waals surface area contributed by atoms with Crippen LogP contribution in [-0.2, 0) is 10.1 Å². The zero-order valence-corrected chi connectivity index (χ0v) is 19.5. The lowest BCUT2D eigenvalue weighted by Crippen LogP contribution is -1.98. The van der Waals surface area contributed by atoms with Crippen LogP contribution in [0.3, 0.4) is 0 Å². The molecule has 3 aromatic rings. The van der Waals surface area contributed by atoms with Crippen molar-refractivity contribution in [1.82, 2.24) is 0 Å². The minimum Gasteiger partial charge on any atom is -0.493 e. The Labute approximate surface area is 186 Å². The van der Waals surface area contributed by atoms with E-state index >= 15 is 0 Å². The second-order valence-electron chi connectivity index (χ2n) is 6.47. The maximum atomic E-state index is 10.5. The highest BCUT2D eigenvalue weighted by Crippen LogP contribution is 2.32. The average Bonchev–Trinajstić information content (AvgIpc) is 2.69. The Morgan fingerprint density at radius 1 is 0.897 bits per heavy atom. The third-order valence-electron chi connectivity index (χ3n) is 4.13. The molecule has 0 atom stereocenters. The van der Waals surface area contributed by atoms with Gasteiger partial charge in [-0.15, -0.1) is 0 Å². The molecule has 0 aromatic heterocycles. The highest BCUT2D eigenvalue weighted by molar-refractivity contribution is 14.1. The number of para-hydroxylation sites is 1. The van der Waals surface area contributed by atoms with Gasteiger partial charge in [-0.25, -0.2) is 0 Å². The topological polar surface area (TPSA) is 63.6 Å². The normalized spacial score (nSPS) is 10.8. The second-order valence-corrected chi connectivity index (χ2v) is 9.05. The van der Waals surface area contributed by atoms with Crippen molar-refractivity contribution in [2.45, 2.75) is 31.6 Å². The van der Waals surface area contributed by atoms with Crippen LogP contribution in [0.25, 0.3) is 11.1 Å². The predicted molar refractivity (Wildman–Crippen MR) is 126 cm³/mol. The molecule has 0 spiro atoms. The van der Waals surface area contributed by atoms with Crippen LogP contribution in [0.4, 0.5) is 0 Å². The predicted octanol–water partition coefficient (Wildman–Crippen LogP) is 6.38. The first kappa shape index (κ1) is 23.4. The van der Waals surface area contributed by atoms with Crippen LogP contribution in [0, 0.1) is 10.5 Å². The summed E-state index contributed by atoms with van der Waals surface area (Å²) in [6.07, 6.45) is 2.26. The lowest BCUT2D eigenvalue weighted by molar-refractivity contribution is 0.310. The Kier molecular flexibility index (Phi) is 9.13. The van der Waals surface area contributed by atoms with Crippen LogP contribution >= 0.6 is 22.6 Å². The Bertz CT molecular complexity index is 1020. The first-order chi connectivity index (χ1) is 13.8. The average molecular weight is 524 g/mol. The minimum absolute atomic E-state index is 0.0666. The smallest absolute Gasteiger partial charge is 0.294 e. The second kappa shape index (κ2) is 11.3. The molecule has 1 N–H and O–H groups in total. The van der Waals surface area contributed by atoms with Gasteiger partial charge in [0.2, 0.25) is 0 Å². The van der Waals surface area contributed by atoms with Crippen molar-refractivity contribution in [3.8, 4) is 16.9 Å². The van der Waals surface area contributed by atoms with E-state index in [1.54, 1.807) is 12.1 Å². The van der Waals surface area contributed by atoms with Gasteiger partial charge in [0.15, 0.2) is 0 Å². The summed E-state index contributed by atoms with van der Waals surface area (Å²) < 4.78 is 36.7. The molecule has 4 nitrogen and oxygen atoms in total. The fourth-order valence-electron chi connectivity index (χ4n) is 2.53. The number of hydrogen-bond donors (Lipinski definition) is 1. The molecular formula is C23H25IO4S. The number of unbranched alkanes of at least 4 members (excludes halogenated alkanes) is 1. The van der Waals surface area contributed by atoms with E-state index in [9.17, 15) is 8.42 Å². The van der Waals surface area contributed by atoms with E-state index in [-0.39, 0.29) is 4.90 Å². The Balaban J connectivity index is 0.000000234. The summed E-state index contributed by atoms with van der Waals surface area (Å²) in [5, 5.41) is 0. The van der Waals surface area contributed by atoms with Gasteiger partial charge in [-0.05, 0) is 65.8 Å². The number of benzene rings is 3. The fourth-order valence-corrected chi connectivity index (χ4v) is 3.69. The van der Waals surface area contributed by atoms with E-state index in [0.29, 0.717) is 0 Å². The van der Waals surface area contributed by atoms with E-state index in [1.165, 1.54) is 26.8 Å². The number of ether oxygens (including phenoxy) is 1. The molecule has 0 unspecified atom stereocenters. The minimum atomic E-state index is -4.02. The molecule has 29 heavy (non-hydrogen) atoms. The highest BCUT2D eigenvalue weighted by Gasteiger charge is 2.08. The molecular weight excluding hydrogens is 499 g/mol. The fraction of sp³-hybridized carbons (Fsp3) is 0.217. The van der Waals surface area contributed by atoms with Gasteiger partial charge < -0.3 is 4.74 Å². The summed E-state index contributed by atoms with van der Waals surface area (Å²) in [7, 11) is -4.02. The number of aryl methyl sites for hydroxylation is 1. The molecule has 0 aliphatic rings. The Morgan fingerprint density at radius 3 is 2.07 bits per heavy atom. The maximum Gasteiger partial charge on any atom is 0.294 e. The molecule has 3 rings (SSSR count). The van der Waals surface area contributed by atoms with E-state index in [0.717, 1.165) is 30.8 Å². The third-order valence-corrected chi connectivity index (χ3v) is 5.93. The van der Waals surface area contributed by atoms with Gasteiger partial charge in [0.05, 0.1) is 11.5 Å². The monoisotopic (exact) mass is 524 g/mol. The molecule has 0 bridgehead atoms. The van der Waals surface area contributed by atoms with Gasteiger partial charge >= 0.3 is 0 Å². The van der Waals surface area contributed by atoms with Gasteiger partial charge in [0.25, 0.3) is 10.1 Å². The number of rotatable bonds is 6. The lowest BCUT2D eigenvalue weighted by Gasteiger charge is -2.12. The van der Waals surface area contributed by atoms with Gasteiger partial charge in [-0.2, -0.15) is 8.42 Å². The zero-order chi connectivity index (χ0) is 21.3. The zero-order valence-electron chi connectivity index (χ0n) is 16.5. The first-order valence-corrected chi connectivity index (χ1v) is 11.9. The van der Waals surface area contributed by atoms with Crippen molar-refractivity contribution in [3.05, 3.63) is 81.9 Å².